The number of aliphatic hydroxyl groups excluding tert-OH is 1. The lowest BCUT2D eigenvalue weighted by atomic mass is 9.45. The second-order valence-corrected chi connectivity index (χ2v) is 8.99. The van der Waals surface area contributed by atoms with Gasteiger partial charge in [-0.3, -0.25) is 0 Å². The minimum Gasteiger partial charge on any atom is -0.393 e. The summed E-state index contributed by atoms with van der Waals surface area (Å²) < 4.78 is 0. The molecule has 0 amide bonds. The predicted molar refractivity (Wildman–Crippen MR) is 89.0 cm³/mol. The molecule has 0 saturated heterocycles. The molecule has 1 unspecified atom stereocenters. The molecule has 21 heavy (non-hydrogen) atoms. The van der Waals surface area contributed by atoms with Gasteiger partial charge in [0.25, 0.3) is 0 Å². The fraction of sp³-hybridized carbons (Fsp3) is 0.800. The molecule has 1 heteroatoms. The molecule has 0 radical (unpaired) electrons. The molecule has 0 heterocycles. The van der Waals surface area contributed by atoms with Crippen molar-refractivity contribution in [2.45, 2.75) is 72.3 Å². The van der Waals surface area contributed by atoms with E-state index in [4.69, 9.17) is 0 Å². The van der Waals surface area contributed by atoms with E-state index >= 15 is 0 Å². The Morgan fingerprint density at radius 3 is 2.52 bits per heavy atom. The van der Waals surface area contributed by atoms with Gasteiger partial charge >= 0.3 is 0 Å². The number of rotatable bonds is 1. The zero-order valence-electron chi connectivity index (χ0n) is 14.3. The van der Waals surface area contributed by atoms with E-state index in [0.29, 0.717) is 11.3 Å². The largest absolute Gasteiger partial charge is 0.393 e. The van der Waals surface area contributed by atoms with Gasteiger partial charge in [-0.15, -0.1) is 6.58 Å². The Bertz CT molecular complexity index is 474. The van der Waals surface area contributed by atoms with Crippen LogP contribution in [-0.2, 0) is 0 Å². The monoisotopic (exact) mass is 288 g/mol. The SMILES string of the molecule is C=C[C@]1(C)C=C2CC[C@H]3C(C)(C)C(O)CC[C@]3(C)[C@H]2CC1. The summed E-state index contributed by atoms with van der Waals surface area (Å²) in [7, 11) is 0. The molecule has 2 saturated carbocycles. The lowest BCUT2D eigenvalue weighted by molar-refractivity contribution is -0.127. The van der Waals surface area contributed by atoms with E-state index in [-0.39, 0.29) is 16.9 Å². The van der Waals surface area contributed by atoms with E-state index in [0.717, 1.165) is 12.3 Å². The van der Waals surface area contributed by atoms with Crippen molar-refractivity contribution in [3.63, 3.8) is 0 Å². The highest BCUT2D eigenvalue weighted by molar-refractivity contribution is 5.26. The van der Waals surface area contributed by atoms with Gasteiger partial charge in [-0.25, -0.2) is 0 Å². The van der Waals surface area contributed by atoms with Crippen molar-refractivity contribution >= 4 is 0 Å². The molecule has 0 spiro atoms. The van der Waals surface area contributed by atoms with Crippen molar-refractivity contribution in [2.24, 2.45) is 28.1 Å². The molecule has 0 aromatic carbocycles. The molecule has 5 atom stereocenters. The second kappa shape index (κ2) is 4.72. The minimum absolute atomic E-state index is 0.0672. The van der Waals surface area contributed by atoms with Crippen molar-refractivity contribution in [3.8, 4) is 0 Å². The Labute approximate surface area is 130 Å². The molecule has 118 valence electrons. The van der Waals surface area contributed by atoms with Gasteiger partial charge < -0.3 is 5.11 Å². The average molecular weight is 288 g/mol. The fourth-order valence-electron chi connectivity index (χ4n) is 5.90. The Hall–Kier alpha value is -0.560. The molecule has 3 aliphatic carbocycles. The summed E-state index contributed by atoms with van der Waals surface area (Å²) in [4.78, 5) is 0. The standard InChI is InChI=1S/C20H32O/c1-6-19(4)11-9-15-14(13-19)7-8-16-18(2,3)17(21)10-12-20(15,16)5/h6,13,15-17,21H,1,7-12H2,2-5H3/t15-,16-,17?,19-,20+/m0/s1. The first-order chi connectivity index (χ1) is 9.73. The van der Waals surface area contributed by atoms with Gasteiger partial charge in [-0.05, 0) is 61.2 Å². The maximum Gasteiger partial charge on any atom is 0.0594 e. The zero-order valence-corrected chi connectivity index (χ0v) is 14.3. The van der Waals surface area contributed by atoms with Crippen molar-refractivity contribution in [2.75, 3.05) is 0 Å². The molecule has 0 bridgehead atoms. The Morgan fingerprint density at radius 2 is 1.86 bits per heavy atom. The first-order valence-electron chi connectivity index (χ1n) is 8.76. The summed E-state index contributed by atoms with van der Waals surface area (Å²) in [5, 5.41) is 10.5. The molecule has 3 rings (SSSR count). The minimum atomic E-state index is -0.122. The van der Waals surface area contributed by atoms with E-state index in [9.17, 15) is 5.11 Å². The molecule has 0 aromatic heterocycles. The smallest absolute Gasteiger partial charge is 0.0594 e. The van der Waals surface area contributed by atoms with Gasteiger partial charge in [0.05, 0.1) is 6.10 Å². The molecule has 2 fully saturated rings. The van der Waals surface area contributed by atoms with Crippen LogP contribution < -0.4 is 0 Å². The first-order valence-corrected chi connectivity index (χ1v) is 8.76. The maximum absolute atomic E-state index is 10.5. The predicted octanol–water partition coefficient (Wildman–Crippen LogP) is 5.11. The Balaban J connectivity index is 1.97. The van der Waals surface area contributed by atoms with Gasteiger partial charge in [-0.2, -0.15) is 0 Å². The normalized spacial score (nSPS) is 48.8. The van der Waals surface area contributed by atoms with E-state index in [1.807, 2.05) is 0 Å². The highest BCUT2D eigenvalue weighted by atomic mass is 16.3. The van der Waals surface area contributed by atoms with Crippen molar-refractivity contribution < 1.29 is 5.11 Å². The van der Waals surface area contributed by atoms with Gasteiger partial charge in [0, 0.05) is 5.41 Å². The van der Waals surface area contributed by atoms with E-state index in [1.165, 1.54) is 32.1 Å². The summed E-state index contributed by atoms with van der Waals surface area (Å²) in [6, 6.07) is 0. The van der Waals surface area contributed by atoms with Crippen molar-refractivity contribution in [1.29, 1.82) is 0 Å². The highest BCUT2D eigenvalue weighted by Crippen LogP contribution is 2.63. The van der Waals surface area contributed by atoms with Crippen LogP contribution in [0.25, 0.3) is 0 Å². The van der Waals surface area contributed by atoms with Gasteiger partial charge in [0.15, 0.2) is 0 Å². The summed E-state index contributed by atoms with van der Waals surface area (Å²) >= 11 is 0. The third-order valence-electron chi connectivity index (χ3n) is 7.43. The Morgan fingerprint density at radius 1 is 1.14 bits per heavy atom. The van der Waals surface area contributed by atoms with Gasteiger partial charge in [0.2, 0.25) is 0 Å². The maximum atomic E-state index is 10.5. The van der Waals surface area contributed by atoms with E-state index < -0.39 is 0 Å². The Kier molecular flexibility index (Phi) is 3.44. The van der Waals surface area contributed by atoms with Crippen LogP contribution in [-0.4, -0.2) is 11.2 Å². The third-order valence-corrected chi connectivity index (χ3v) is 7.43. The third kappa shape index (κ3) is 2.15. The summed E-state index contributed by atoms with van der Waals surface area (Å²) in [5.74, 6) is 1.39. The van der Waals surface area contributed by atoms with Gasteiger partial charge in [-0.1, -0.05) is 45.4 Å². The fourth-order valence-corrected chi connectivity index (χ4v) is 5.90. The number of hydrogen-bond donors (Lipinski definition) is 1. The van der Waals surface area contributed by atoms with Gasteiger partial charge in [0.1, 0.15) is 0 Å². The quantitative estimate of drug-likeness (QED) is 0.665. The molecule has 1 N–H and O–H groups in total. The van der Waals surface area contributed by atoms with Crippen LogP contribution in [0.15, 0.2) is 24.3 Å². The van der Waals surface area contributed by atoms with E-state index in [1.54, 1.807) is 5.57 Å². The van der Waals surface area contributed by atoms with Crippen molar-refractivity contribution in [3.05, 3.63) is 24.3 Å². The number of allylic oxidation sites excluding steroid dienone is 3. The van der Waals surface area contributed by atoms with Crippen LogP contribution in [0.5, 0.6) is 0 Å². The van der Waals surface area contributed by atoms with Crippen LogP contribution >= 0.6 is 0 Å². The average Bonchev–Trinajstić information content (AvgIpc) is 2.43. The van der Waals surface area contributed by atoms with Crippen LogP contribution in [0, 0.1) is 28.1 Å². The number of aliphatic hydroxyl groups is 1. The zero-order chi connectivity index (χ0) is 15.5. The summed E-state index contributed by atoms with van der Waals surface area (Å²) in [5.41, 5.74) is 2.35. The topological polar surface area (TPSA) is 20.2 Å². The summed E-state index contributed by atoms with van der Waals surface area (Å²) in [6.07, 6.45) is 11.7. The molecule has 1 nitrogen and oxygen atoms in total. The van der Waals surface area contributed by atoms with Crippen LogP contribution in [0.4, 0.5) is 0 Å². The van der Waals surface area contributed by atoms with Crippen molar-refractivity contribution in [1.82, 2.24) is 0 Å². The molecule has 3 aliphatic rings. The highest BCUT2D eigenvalue weighted by Gasteiger charge is 2.56. The molecule has 0 aromatic rings. The van der Waals surface area contributed by atoms with Crippen LogP contribution in [0.2, 0.25) is 0 Å². The summed E-state index contributed by atoms with van der Waals surface area (Å²) in [6.45, 7) is 13.5. The van der Waals surface area contributed by atoms with E-state index in [2.05, 4.69) is 46.4 Å². The lowest BCUT2D eigenvalue weighted by Crippen LogP contribution is -2.55. The molecular formula is C20H32O. The number of hydrogen-bond acceptors (Lipinski definition) is 1. The number of fused-ring (bicyclic) bond motifs is 3. The first kappa shape index (κ1) is 15.3. The molecular weight excluding hydrogens is 256 g/mol. The van der Waals surface area contributed by atoms with Crippen LogP contribution in [0.1, 0.15) is 66.2 Å². The van der Waals surface area contributed by atoms with Crippen LogP contribution in [0.3, 0.4) is 0 Å². The second-order valence-electron chi connectivity index (χ2n) is 8.99. The lowest BCUT2D eigenvalue weighted by Gasteiger charge is -2.60. The molecule has 0 aliphatic heterocycles.